The number of nitrogens with one attached hydrogen (secondary N) is 2. The summed E-state index contributed by atoms with van der Waals surface area (Å²) in [7, 11) is 0. The first-order valence-corrected chi connectivity index (χ1v) is 8.74. The Morgan fingerprint density at radius 3 is 2.40 bits per heavy atom. The van der Waals surface area contributed by atoms with E-state index in [0.717, 1.165) is 24.7 Å². The monoisotopic (exact) mass is 463 g/mol. The van der Waals surface area contributed by atoms with Crippen LogP contribution in [-0.4, -0.2) is 37.9 Å². The van der Waals surface area contributed by atoms with Crippen LogP contribution in [0.5, 0.6) is 0 Å². The van der Waals surface area contributed by atoms with Crippen molar-refractivity contribution < 1.29 is 9.47 Å². The number of rotatable bonds is 9. The predicted molar refractivity (Wildman–Crippen MR) is 116 cm³/mol. The summed E-state index contributed by atoms with van der Waals surface area (Å²) in [5.74, 6) is 0.836. The van der Waals surface area contributed by atoms with E-state index in [9.17, 15) is 0 Å². The molecule has 0 spiro atoms. The van der Waals surface area contributed by atoms with E-state index in [-0.39, 0.29) is 29.5 Å². The van der Waals surface area contributed by atoms with E-state index in [0.29, 0.717) is 26.4 Å². The Hall–Kier alpha value is -0.860. The van der Waals surface area contributed by atoms with Crippen molar-refractivity contribution in [3.8, 4) is 0 Å². The molecule has 0 amide bonds. The third kappa shape index (κ3) is 12.2. The third-order valence-corrected chi connectivity index (χ3v) is 3.09. The molecule has 1 aromatic rings. The molecule has 1 rings (SSSR count). The normalized spacial score (nSPS) is 11.8. The van der Waals surface area contributed by atoms with Crippen molar-refractivity contribution in [2.24, 2.45) is 4.99 Å². The van der Waals surface area contributed by atoms with Gasteiger partial charge in [0.15, 0.2) is 5.96 Å². The maximum absolute atomic E-state index is 5.62. The Labute approximate surface area is 170 Å². The van der Waals surface area contributed by atoms with Crippen molar-refractivity contribution in [2.75, 3.05) is 26.4 Å². The molecule has 0 saturated carbocycles. The second kappa shape index (κ2) is 13.4. The number of hydrogen-bond acceptors (Lipinski definition) is 3. The Balaban J connectivity index is 0.00000576. The van der Waals surface area contributed by atoms with Gasteiger partial charge in [-0.1, -0.05) is 24.3 Å². The second-order valence-corrected chi connectivity index (χ2v) is 6.64. The maximum atomic E-state index is 5.62. The molecule has 0 unspecified atom stereocenters. The minimum Gasteiger partial charge on any atom is -0.379 e. The summed E-state index contributed by atoms with van der Waals surface area (Å²) < 4.78 is 10.9. The van der Waals surface area contributed by atoms with Crippen molar-refractivity contribution in [3.05, 3.63) is 35.4 Å². The van der Waals surface area contributed by atoms with E-state index < -0.39 is 0 Å². The van der Waals surface area contributed by atoms with E-state index >= 15 is 0 Å². The number of aliphatic imine (C=N–C) groups is 1. The zero-order valence-corrected chi connectivity index (χ0v) is 18.6. The highest BCUT2D eigenvalue weighted by Crippen LogP contribution is 2.08. The number of benzene rings is 1. The zero-order chi connectivity index (χ0) is 17.8. The smallest absolute Gasteiger partial charge is 0.191 e. The molecule has 0 aliphatic heterocycles. The highest BCUT2D eigenvalue weighted by Gasteiger charge is 2.11. The molecule has 0 aromatic heterocycles. The highest BCUT2D eigenvalue weighted by atomic mass is 127. The fourth-order valence-corrected chi connectivity index (χ4v) is 2.10. The summed E-state index contributed by atoms with van der Waals surface area (Å²) in [6.45, 7) is 14.5. The van der Waals surface area contributed by atoms with E-state index in [4.69, 9.17) is 9.47 Å². The summed E-state index contributed by atoms with van der Waals surface area (Å²) in [4.78, 5) is 4.66. The van der Waals surface area contributed by atoms with Crippen molar-refractivity contribution >= 4 is 29.9 Å². The van der Waals surface area contributed by atoms with Crippen LogP contribution >= 0.6 is 24.0 Å². The Morgan fingerprint density at radius 1 is 1.08 bits per heavy atom. The third-order valence-electron chi connectivity index (χ3n) is 3.09. The molecular formula is C19H34IN3O2. The first-order chi connectivity index (χ1) is 11.4. The van der Waals surface area contributed by atoms with E-state index in [1.54, 1.807) is 0 Å². The van der Waals surface area contributed by atoms with Gasteiger partial charge >= 0.3 is 0 Å². The van der Waals surface area contributed by atoms with Crippen LogP contribution in [0.15, 0.2) is 29.3 Å². The van der Waals surface area contributed by atoms with Gasteiger partial charge in [0, 0.05) is 18.7 Å². The summed E-state index contributed by atoms with van der Waals surface area (Å²) in [5, 5.41) is 6.67. The lowest BCUT2D eigenvalue weighted by Gasteiger charge is -2.23. The fourth-order valence-electron chi connectivity index (χ4n) is 2.10. The molecule has 1 aromatic carbocycles. The van der Waals surface area contributed by atoms with Crippen LogP contribution in [0.2, 0.25) is 0 Å². The standard InChI is InChI=1S/C19H33N3O2.HI/c1-6-20-18(22-19(3,4)5)21-14-16-9-8-10-17(13-16)15-24-12-11-23-7-2;/h8-10,13H,6-7,11-12,14-15H2,1-5H3,(H2,20,21,22);1H. The Morgan fingerprint density at radius 2 is 1.76 bits per heavy atom. The van der Waals surface area contributed by atoms with Gasteiger partial charge in [0.2, 0.25) is 0 Å². The molecule has 25 heavy (non-hydrogen) atoms. The van der Waals surface area contributed by atoms with Gasteiger partial charge in [0.25, 0.3) is 0 Å². The van der Waals surface area contributed by atoms with Gasteiger partial charge in [0.05, 0.1) is 26.4 Å². The molecule has 0 heterocycles. The first-order valence-electron chi connectivity index (χ1n) is 8.74. The summed E-state index contributed by atoms with van der Waals surface area (Å²) in [6.07, 6.45) is 0. The quantitative estimate of drug-likeness (QED) is 0.254. The summed E-state index contributed by atoms with van der Waals surface area (Å²) in [6, 6.07) is 8.36. The van der Waals surface area contributed by atoms with Gasteiger partial charge in [-0.3, -0.25) is 0 Å². The lowest BCUT2D eigenvalue weighted by molar-refractivity contribution is 0.0453. The molecule has 6 heteroatoms. The van der Waals surface area contributed by atoms with Gasteiger partial charge in [0.1, 0.15) is 0 Å². The molecule has 0 saturated heterocycles. The molecule has 0 aliphatic carbocycles. The van der Waals surface area contributed by atoms with E-state index in [2.05, 4.69) is 67.6 Å². The number of halogens is 1. The van der Waals surface area contributed by atoms with Gasteiger partial charge in [-0.2, -0.15) is 0 Å². The van der Waals surface area contributed by atoms with Gasteiger partial charge in [-0.25, -0.2) is 4.99 Å². The minimum absolute atomic E-state index is 0. The zero-order valence-electron chi connectivity index (χ0n) is 16.2. The topological polar surface area (TPSA) is 54.9 Å². The predicted octanol–water partition coefficient (Wildman–Crippen LogP) is 3.71. The SMILES string of the molecule is CCNC(=NCc1cccc(COCCOCC)c1)NC(C)(C)C.I. The molecule has 144 valence electrons. The number of guanidine groups is 1. The lowest BCUT2D eigenvalue weighted by atomic mass is 10.1. The number of ether oxygens (including phenoxy) is 2. The molecule has 0 aliphatic rings. The maximum Gasteiger partial charge on any atom is 0.191 e. The molecule has 0 radical (unpaired) electrons. The van der Waals surface area contributed by atoms with Crippen LogP contribution < -0.4 is 10.6 Å². The van der Waals surface area contributed by atoms with Crippen LogP contribution in [0, 0.1) is 0 Å². The van der Waals surface area contributed by atoms with Crippen molar-refractivity contribution in [3.63, 3.8) is 0 Å². The van der Waals surface area contributed by atoms with Crippen LogP contribution in [0.4, 0.5) is 0 Å². The van der Waals surface area contributed by atoms with Crippen molar-refractivity contribution in [2.45, 2.75) is 53.3 Å². The molecule has 0 fully saturated rings. The largest absolute Gasteiger partial charge is 0.379 e. The Kier molecular flexibility index (Phi) is 12.9. The van der Waals surface area contributed by atoms with Gasteiger partial charge in [-0.05, 0) is 45.7 Å². The Bertz CT molecular complexity index is 502. The lowest BCUT2D eigenvalue weighted by Crippen LogP contribution is -2.47. The minimum atomic E-state index is -0.0166. The first kappa shape index (κ1) is 24.1. The second-order valence-electron chi connectivity index (χ2n) is 6.64. The van der Waals surface area contributed by atoms with Gasteiger partial charge in [-0.15, -0.1) is 24.0 Å². The molecule has 0 bridgehead atoms. The molecular weight excluding hydrogens is 429 g/mol. The van der Waals surface area contributed by atoms with E-state index in [1.807, 2.05) is 6.92 Å². The number of hydrogen-bond donors (Lipinski definition) is 2. The van der Waals surface area contributed by atoms with Crippen LogP contribution in [0.25, 0.3) is 0 Å². The molecule has 0 atom stereocenters. The molecule has 5 nitrogen and oxygen atoms in total. The average molecular weight is 463 g/mol. The van der Waals surface area contributed by atoms with Crippen molar-refractivity contribution in [1.29, 1.82) is 0 Å². The van der Waals surface area contributed by atoms with Crippen LogP contribution in [0.3, 0.4) is 0 Å². The van der Waals surface area contributed by atoms with Crippen LogP contribution in [0.1, 0.15) is 45.7 Å². The summed E-state index contributed by atoms with van der Waals surface area (Å²) >= 11 is 0. The van der Waals surface area contributed by atoms with Gasteiger partial charge < -0.3 is 20.1 Å². The average Bonchev–Trinajstić information content (AvgIpc) is 2.52. The van der Waals surface area contributed by atoms with Crippen LogP contribution in [-0.2, 0) is 22.6 Å². The fraction of sp³-hybridized carbons (Fsp3) is 0.632. The van der Waals surface area contributed by atoms with E-state index in [1.165, 1.54) is 5.56 Å². The molecule has 2 N–H and O–H groups in total. The number of nitrogens with zero attached hydrogens (tertiary/aromatic N) is 1. The summed E-state index contributed by atoms with van der Waals surface area (Å²) in [5.41, 5.74) is 2.32. The highest BCUT2D eigenvalue weighted by molar-refractivity contribution is 14.0. The van der Waals surface area contributed by atoms with Crippen molar-refractivity contribution in [1.82, 2.24) is 10.6 Å².